The monoisotopic (exact) mass is 516 g/mol. The van der Waals surface area contributed by atoms with Crippen molar-refractivity contribution in [3.63, 3.8) is 0 Å². The standard InChI is InChI=1S/C36H52O2/c1-30(2)25(24-18-35(19-24)20-36(21-35,22-37)23-38)11-14-32(4)28(30)12-15-34(6)29(32)10-9-27-26-8-7-13-31(26,3)16-17-33(27,34)5/h11,18,22-23,26-29H,7-10,12-17,19-21H2,1-6H3/t26-,27?,28?,29?,31?,32?,33-,34?/m1/s1. The molecule has 0 aromatic heterocycles. The van der Waals surface area contributed by atoms with E-state index >= 15 is 0 Å². The molecule has 5 saturated carbocycles. The minimum absolute atomic E-state index is 0.114. The van der Waals surface area contributed by atoms with Crippen molar-refractivity contribution in [3.05, 3.63) is 23.3 Å². The zero-order valence-electron chi connectivity index (χ0n) is 25.1. The Bertz CT molecular complexity index is 1120. The smallest absolute Gasteiger partial charge is 0.133 e. The van der Waals surface area contributed by atoms with Crippen molar-refractivity contribution in [2.75, 3.05) is 0 Å². The van der Waals surface area contributed by atoms with Gasteiger partial charge in [-0.25, -0.2) is 0 Å². The molecule has 2 nitrogen and oxygen atoms in total. The van der Waals surface area contributed by atoms with Crippen molar-refractivity contribution in [1.82, 2.24) is 0 Å². The van der Waals surface area contributed by atoms with Crippen molar-refractivity contribution in [2.24, 2.45) is 61.6 Å². The molecule has 38 heavy (non-hydrogen) atoms. The van der Waals surface area contributed by atoms with Crippen LogP contribution in [0.1, 0.15) is 125 Å². The highest BCUT2D eigenvalue weighted by Gasteiger charge is 2.69. The molecule has 0 N–H and O–H groups in total. The van der Waals surface area contributed by atoms with Gasteiger partial charge < -0.3 is 9.59 Å². The van der Waals surface area contributed by atoms with E-state index in [9.17, 15) is 9.59 Å². The fourth-order valence-corrected chi connectivity index (χ4v) is 13.6. The number of carbonyl (C=O) groups is 2. The summed E-state index contributed by atoms with van der Waals surface area (Å²) in [6.07, 6.45) is 23.8. The first kappa shape index (κ1) is 25.8. The van der Waals surface area contributed by atoms with Crippen molar-refractivity contribution in [2.45, 2.75) is 125 Å². The minimum atomic E-state index is -0.700. The molecule has 7 aliphatic carbocycles. The van der Waals surface area contributed by atoms with Crippen LogP contribution in [-0.4, -0.2) is 12.6 Å². The van der Waals surface area contributed by atoms with Crippen LogP contribution < -0.4 is 0 Å². The Labute approximate surface area is 231 Å². The summed E-state index contributed by atoms with van der Waals surface area (Å²) in [5, 5.41) is 0. The molecular formula is C36H52O2. The van der Waals surface area contributed by atoms with Crippen molar-refractivity contribution >= 4 is 12.6 Å². The molecule has 7 rings (SSSR count). The highest BCUT2D eigenvalue weighted by atomic mass is 16.1. The van der Waals surface area contributed by atoms with E-state index in [0.29, 0.717) is 21.7 Å². The lowest BCUT2D eigenvalue weighted by Gasteiger charge is -2.72. The maximum atomic E-state index is 11.5. The van der Waals surface area contributed by atoms with E-state index in [1.807, 2.05) is 0 Å². The van der Waals surface area contributed by atoms with Crippen molar-refractivity contribution in [3.8, 4) is 0 Å². The van der Waals surface area contributed by atoms with E-state index in [-0.39, 0.29) is 10.8 Å². The van der Waals surface area contributed by atoms with E-state index in [4.69, 9.17) is 0 Å². The summed E-state index contributed by atoms with van der Waals surface area (Å²) in [7, 11) is 0. The maximum absolute atomic E-state index is 11.5. The van der Waals surface area contributed by atoms with Crippen molar-refractivity contribution in [1.29, 1.82) is 0 Å². The molecule has 5 fully saturated rings. The lowest BCUT2D eigenvalue weighted by atomic mass is 9.32. The number of hydrogen-bond acceptors (Lipinski definition) is 2. The first-order valence-electron chi connectivity index (χ1n) is 16.2. The summed E-state index contributed by atoms with van der Waals surface area (Å²) in [5.41, 5.74) is 4.71. The third kappa shape index (κ3) is 2.92. The van der Waals surface area contributed by atoms with Crippen LogP contribution in [0.25, 0.3) is 0 Å². The molecule has 0 radical (unpaired) electrons. The third-order valence-corrected chi connectivity index (χ3v) is 15.6. The van der Waals surface area contributed by atoms with Crippen LogP contribution in [0.2, 0.25) is 0 Å². The molecule has 7 aliphatic rings. The fourth-order valence-electron chi connectivity index (χ4n) is 13.6. The van der Waals surface area contributed by atoms with Crippen LogP contribution >= 0.6 is 0 Å². The molecule has 0 saturated heterocycles. The Kier molecular flexibility index (Phi) is 5.12. The lowest BCUT2D eigenvalue weighted by molar-refractivity contribution is -0.222. The second-order valence-electron chi connectivity index (χ2n) is 17.4. The van der Waals surface area contributed by atoms with Crippen LogP contribution in [0.4, 0.5) is 0 Å². The zero-order chi connectivity index (χ0) is 27.0. The number of rotatable bonds is 3. The van der Waals surface area contributed by atoms with Gasteiger partial charge in [-0.05, 0) is 144 Å². The van der Waals surface area contributed by atoms with Gasteiger partial charge in [0.25, 0.3) is 0 Å². The van der Waals surface area contributed by atoms with Crippen molar-refractivity contribution < 1.29 is 9.59 Å². The molecule has 6 unspecified atom stereocenters. The van der Waals surface area contributed by atoms with E-state index in [0.717, 1.165) is 55.5 Å². The highest BCUT2D eigenvalue weighted by Crippen LogP contribution is 2.77. The summed E-state index contributed by atoms with van der Waals surface area (Å²) >= 11 is 0. The quantitative estimate of drug-likeness (QED) is 0.277. The van der Waals surface area contributed by atoms with Gasteiger partial charge in [0.05, 0.1) is 5.41 Å². The van der Waals surface area contributed by atoms with E-state index in [1.54, 1.807) is 5.57 Å². The van der Waals surface area contributed by atoms with Gasteiger partial charge in [-0.2, -0.15) is 0 Å². The van der Waals surface area contributed by atoms with Crippen LogP contribution in [0.3, 0.4) is 0 Å². The van der Waals surface area contributed by atoms with E-state index < -0.39 is 5.41 Å². The normalized spacial score (nSPS) is 51.1. The number of hydrogen-bond donors (Lipinski definition) is 0. The maximum Gasteiger partial charge on any atom is 0.133 e. The summed E-state index contributed by atoms with van der Waals surface area (Å²) in [6.45, 7) is 16.0. The molecule has 0 aliphatic heterocycles. The third-order valence-electron chi connectivity index (χ3n) is 15.6. The second kappa shape index (κ2) is 7.55. The van der Waals surface area contributed by atoms with Gasteiger partial charge in [0.15, 0.2) is 0 Å². The van der Waals surface area contributed by atoms with Crippen LogP contribution in [0, 0.1) is 61.6 Å². The average molecular weight is 517 g/mol. The average Bonchev–Trinajstić information content (AvgIpc) is 3.21. The largest absolute Gasteiger partial charge is 0.302 e. The molecular weight excluding hydrogens is 464 g/mol. The number of allylic oxidation sites excluding steroid dienone is 4. The van der Waals surface area contributed by atoms with Gasteiger partial charge >= 0.3 is 0 Å². The van der Waals surface area contributed by atoms with Gasteiger partial charge in [-0.15, -0.1) is 0 Å². The summed E-state index contributed by atoms with van der Waals surface area (Å²) < 4.78 is 0. The van der Waals surface area contributed by atoms with Gasteiger partial charge in [0.2, 0.25) is 0 Å². The predicted octanol–water partition coefficient (Wildman–Crippen LogP) is 8.89. The Morgan fingerprint density at radius 3 is 2.16 bits per heavy atom. The molecule has 0 heterocycles. The molecule has 208 valence electrons. The Hall–Kier alpha value is -1.18. The number of carbonyl (C=O) groups excluding carboxylic acids is 2. The molecule has 2 heteroatoms. The Morgan fingerprint density at radius 2 is 1.47 bits per heavy atom. The van der Waals surface area contributed by atoms with E-state index in [1.165, 1.54) is 69.8 Å². The zero-order valence-corrected chi connectivity index (χ0v) is 25.1. The number of aldehydes is 2. The minimum Gasteiger partial charge on any atom is -0.302 e. The summed E-state index contributed by atoms with van der Waals surface area (Å²) in [4.78, 5) is 23.0. The lowest BCUT2D eigenvalue weighted by Crippen LogP contribution is -2.65. The first-order valence-corrected chi connectivity index (χ1v) is 16.2. The second-order valence-corrected chi connectivity index (χ2v) is 17.4. The first-order chi connectivity index (χ1) is 17.8. The van der Waals surface area contributed by atoms with Gasteiger partial charge in [0, 0.05) is 0 Å². The molecule has 0 amide bonds. The molecule has 0 aromatic rings. The molecule has 0 aromatic carbocycles. The summed E-state index contributed by atoms with van der Waals surface area (Å²) in [5.74, 6) is 3.47. The summed E-state index contributed by atoms with van der Waals surface area (Å²) in [6, 6.07) is 0. The topological polar surface area (TPSA) is 34.1 Å². The molecule has 8 atom stereocenters. The van der Waals surface area contributed by atoms with Gasteiger partial charge in [-0.1, -0.05) is 60.1 Å². The highest BCUT2D eigenvalue weighted by molar-refractivity contribution is 5.86. The SMILES string of the molecule is CC1(C)C(C2=CC3(C2)CC(C=O)(C=O)C3)=CCC2(C)C1CCC1(C)C2CCC2[C@H]3CCCC3(C)CC[C@]21C. The van der Waals surface area contributed by atoms with Gasteiger partial charge in [-0.3, -0.25) is 0 Å². The fraction of sp³-hybridized carbons (Fsp3) is 0.833. The van der Waals surface area contributed by atoms with Gasteiger partial charge in [0.1, 0.15) is 12.6 Å². The van der Waals surface area contributed by atoms with Crippen LogP contribution in [0.15, 0.2) is 23.3 Å². The number of fused-ring (bicyclic) bond motifs is 7. The predicted molar refractivity (Wildman–Crippen MR) is 153 cm³/mol. The van der Waals surface area contributed by atoms with Crippen LogP contribution in [0.5, 0.6) is 0 Å². The molecule has 1 spiro atoms. The Morgan fingerprint density at radius 1 is 0.763 bits per heavy atom. The Balaban J connectivity index is 1.18. The van der Waals surface area contributed by atoms with Crippen LogP contribution in [-0.2, 0) is 9.59 Å². The molecule has 0 bridgehead atoms. The van der Waals surface area contributed by atoms with E-state index in [2.05, 4.69) is 53.7 Å².